The Morgan fingerprint density at radius 2 is 2.10 bits per heavy atom. The number of nitrogens with one attached hydrogen (secondary N) is 2. The molecule has 0 amide bonds. The van der Waals surface area contributed by atoms with Crippen LogP contribution in [0.4, 0.5) is 0 Å². The Morgan fingerprint density at radius 3 is 2.71 bits per heavy atom. The maximum absolute atomic E-state index is 12.3. The maximum Gasteiger partial charge on any atom is 0.244 e. The van der Waals surface area contributed by atoms with E-state index in [0.29, 0.717) is 18.7 Å². The smallest absolute Gasteiger partial charge is 0.244 e. The fraction of sp³-hybridized carbons (Fsp3) is 0.357. The number of ether oxygens (including phenoxy) is 1. The predicted molar refractivity (Wildman–Crippen MR) is 79.9 cm³/mol. The predicted octanol–water partition coefficient (Wildman–Crippen LogP) is 1.56. The molecule has 2 aromatic rings. The van der Waals surface area contributed by atoms with Gasteiger partial charge in [0.15, 0.2) is 0 Å². The molecule has 0 bridgehead atoms. The second-order valence-corrected chi connectivity index (χ2v) is 6.53. The minimum Gasteiger partial charge on any atom is -0.495 e. The molecule has 1 aromatic heterocycles. The molecule has 0 atom stereocenters. The Labute approximate surface area is 124 Å². The van der Waals surface area contributed by atoms with Crippen LogP contribution in [-0.2, 0) is 16.4 Å². The number of benzene rings is 1. The van der Waals surface area contributed by atoms with Gasteiger partial charge >= 0.3 is 0 Å². The average molecular weight is 309 g/mol. The summed E-state index contributed by atoms with van der Waals surface area (Å²) in [6.07, 6.45) is 2.26. The van der Waals surface area contributed by atoms with Crippen molar-refractivity contribution in [2.75, 3.05) is 13.7 Å². The van der Waals surface area contributed by atoms with Gasteiger partial charge < -0.3 is 9.72 Å². The molecule has 0 saturated carbocycles. The summed E-state index contributed by atoms with van der Waals surface area (Å²) in [6, 6.07) is 5.06. The summed E-state index contributed by atoms with van der Waals surface area (Å²) in [5.41, 5.74) is 1.76. The number of rotatable bonds is 6. The van der Waals surface area contributed by atoms with Crippen molar-refractivity contribution in [1.29, 1.82) is 0 Å². The lowest BCUT2D eigenvalue weighted by molar-refractivity contribution is 0.402. The number of hydrogen-bond donors (Lipinski definition) is 2. The maximum atomic E-state index is 12.3. The molecule has 6 nitrogen and oxygen atoms in total. The Morgan fingerprint density at radius 1 is 1.33 bits per heavy atom. The molecule has 0 spiro atoms. The first-order chi connectivity index (χ1) is 9.92. The van der Waals surface area contributed by atoms with Crippen LogP contribution >= 0.6 is 0 Å². The van der Waals surface area contributed by atoms with E-state index in [1.807, 2.05) is 19.9 Å². The molecule has 0 saturated heterocycles. The molecule has 2 N–H and O–H groups in total. The van der Waals surface area contributed by atoms with Crippen molar-refractivity contribution in [2.45, 2.75) is 25.2 Å². The lowest BCUT2D eigenvalue weighted by atomic mass is 10.2. The van der Waals surface area contributed by atoms with Crippen LogP contribution in [0.5, 0.6) is 5.75 Å². The van der Waals surface area contributed by atoms with E-state index in [1.54, 1.807) is 18.3 Å². The van der Waals surface area contributed by atoms with Crippen molar-refractivity contribution in [3.63, 3.8) is 0 Å². The first-order valence-electron chi connectivity index (χ1n) is 6.57. The van der Waals surface area contributed by atoms with E-state index < -0.39 is 10.0 Å². The van der Waals surface area contributed by atoms with E-state index in [1.165, 1.54) is 7.11 Å². The Bertz CT molecular complexity index is 723. The molecule has 1 heterocycles. The van der Waals surface area contributed by atoms with Crippen LogP contribution in [0.3, 0.4) is 0 Å². The van der Waals surface area contributed by atoms with E-state index in [0.717, 1.165) is 17.1 Å². The van der Waals surface area contributed by atoms with Crippen LogP contribution in [0.1, 0.15) is 17.1 Å². The highest BCUT2D eigenvalue weighted by atomic mass is 32.2. The van der Waals surface area contributed by atoms with Gasteiger partial charge in [-0.2, -0.15) is 0 Å². The highest BCUT2D eigenvalue weighted by Gasteiger charge is 2.19. The first-order valence-corrected chi connectivity index (χ1v) is 8.05. The van der Waals surface area contributed by atoms with E-state index in [9.17, 15) is 8.42 Å². The molecule has 0 fully saturated rings. The van der Waals surface area contributed by atoms with E-state index in [4.69, 9.17) is 4.74 Å². The van der Waals surface area contributed by atoms with Crippen LogP contribution in [0.25, 0.3) is 0 Å². The Hall–Kier alpha value is -1.86. The van der Waals surface area contributed by atoms with Gasteiger partial charge in [-0.25, -0.2) is 18.1 Å². The van der Waals surface area contributed by atoms with Crippen molar-refractivity contribution >= 4 is 10.0 Å². The van der Waals surface area contributed by atoms with Gasteiger partial charge in [0.1, 0.15) is 16.5 Å². The second kappa shape index (κ2) is 6.28. The van der Waals surface area contributed by atoms with Gasteiger partial charge in [0.05, 0.1) is 7.11 Å². The standard InChI is InChI=1S/C14H19N3O3S/c1-10-4-5-13(20-3)14(8-10)21(18,19)16-7-6-12-9-15-11(2)17-12/h4-5,8-9,16H,6-7H2,1-3H3,(H,15,17). The molecule has 114 valence electrons. The summed E-state index contributed by atoms with van der Waals surface area (Å²) in [5, 5.41) is 0. The lowest BCUT2D eigenvalue weighted by Crippen LogP contribution is -2.26. The monoisotopic (exact) mass is 309 g/mol. The van der Waals surface area contributed by atoms with Crippen LogP contribution in [0, 0.1) is 13.8 Å². The zero-order chi connectivity index (χ0) is 15.5. The number of imidazole rings is 1. The summed E-state index contributed by atoms with van der Waals surface area (Å²) in [4.78, 5) is 7.30. The minimum atomic E-state index is -3.60. The summed E-state index contributed by atoms with van der Waals surface area (Å²) in [5.74, 6) is 1.15. The van der Waals surface area contributed by atoms with Crippen molar-refractivity contribution in [3.8, 4) is 5.75 Å². The molecule has 21 heavy (non-hydrogen) atoms. The van der Waals surface area contributed by atoms with E-state index >= 15 is 0 Å². The third kappa shape index (κ3) is 3.83. The average Bonchev–Trinajstić information content (AvgIpc) is 2.84. The molecular weight excluding hydrogens is 290 g/mol. The molecule has 0 aliphatic heterocycles. The number of H-pyrrole nitrogens is 1. The summed E-state index contributed by atoms with van der Waals surface area (Å²) >= 11 is 0. The SMILES string of the molecule is COc1ccc(C)cc1S(=O)(=O)NCCc1cnc(C)[nH]1. The Balaban J connectivity index is 2.09. The van der Waals surface area contributed by atoms with Crippen molar-refractivity contribution in [1.82, 2.24) is 14.7 Å². The second-order valence-electron chi connectivity index (χ2n) is 4.80. The number of nitrogens with zero attached hydrogens (tertiary/aromatic N) is 1. The van der Waals surface area contributed by atoms with E-state index in [-0.39, 0.29) is 4.90 Å². The summed E-state index contributed by atoms with van der Waals surface area (Å²) < 4.78 is 32.4. The fourth-order valence-corrected chi connectivity index (χ4v) is 3.27. The third-order valence-electron chi connectivity index (χ3n) is 3.05. The zero-order valence-corrected chi connectivity index (χ0v) is 13.1. The number of methoxy groups -OCH3 is 1. The summed E-state index contributed by atoms with van der Waals surface area (Å²) in [7, 11) is -2.14. The molecule has 0 aliphatic rings. The number of hydrogen-bond acceptors (Lipinski definition) is 4. The number of aryl methyl sites for hydroxylation is 2. The third-order valence-corrected chi connectivity index (χ3v) is 4.53. The normalized spacial score (nSPS) is 11.6. The molecular formula is C14H19N3O3S. The molecule has 1 aromatic carbocycles. The largest absolute Gasteiger partial charge is 0.495 e. The topological polar surface area (TPSA) is 84.1 Å². The number of aromatic nitrogens is 2. The highest BCUT2D eigenvalue weighted by molar-refractivity contribution is 7.89. The van der Waals surface area contributed by atoms with Crippen LogP contribution in [-0.4, -0.2) is 32.0 Å². The molecule has 0 radical (unpaired) electrons. The van der Waals surface area contributed by atoms with Crippen molar-refractivity contribution < 1.29 is 13.2 Å². The zero-order valence-electron chi connectivity index (χ0n) is 12.3. The highest BCUT2D eigenvalue weighted by Crippen LogP contribution is 2.24. The van der Waals surface area contributed by atoms with Crippen molar-refractivity contribution in [3.05, 3.63) is 41.5 Å². The van der Waals surface area contributed by atoms with Gasteiger partial charge in [0.2, 0.25) is 10.0 Å². The number of sulfonamides is 1. The van der Waals surface area contributed by atoms with Gasteiger partial charge in [-0.15, -0.1) is 0 Å². The minimum absolute atomic E-state index is 0.158. The van der Waals surface area contributed by atoms with Gasteiger partial charge in [0.25, 0.3) is 0 Å². The Kier molecular flexibility index (Phi) is 4.64. The van der Waals surface area contributed by atoms with Crippen LogP contribution in [0.2, 0.25) is 0 Å². The van der Waals surface area contributed by atoms with Gasteiger partial charge in [0, 0.05) is 24.9 Å². The van der Waals surface area contributed by atoms with Crippen LogP contribution in [0.15, 0.2) is 29.3 Å². The van der Waals surface area contributed by atoms with Gasteiger partial charge in [-0.3, -0.25) is 0 Å². The van der Waals surface area contributed by atoms with E-state index in [2.05, 4.69) is 14.7 Å². The number of aromatic amines is 1. The first kappa shape index (κ1) is 15.5. The molecule has 7 heteroatoms. The van der Waals surface area contributed by atoms with Crippen molar-refractivity contribution in [2.24, 2.45) is 0 Å². The summed E-state index contributed by atoms with van der Waals surface area (Å²) in [6.45, 7) is 3.98. The molecule has 0 unspecified atom stereocenters. The van der Waals surface area contributed by atoms with Gasteiger partial charge in [-0.1, -0.05) is 6.07 Å². The molecule has 2 rings (SSSR count). The quantitative estimate of drug-likeness (QED) is 0.848. The van der Waals surface area contributed by atoms with Gasteiger partial charge in [-0.05, 0) is 31.5 Å². The molecule has 0 aliphatic carbocycles. The van der Waals surface area contributed by atoms with Crippen LogP contribution < -0.4 is 9.46 Å². The lowest BCUT2D eigenvalue weighted by Gasteiger charge is -2.11. The fourth-order valence-electron chi connectivity index (χ4n) is 1.99.